The van der Waals surface area contributed by atoms with Gasteiger partial charge in [-0.1, -0.05) is 17.7 Å². The minimum Gasteiger partial charge on any atom is -0.744 e. The highest BCUT2D eigenvalue weighted by Gasteiger charge is 2.23. The van der Waals surface area contributed by atoms with Crippen LogP contribution >= 0.6 is 15.2 Å². The van der Waals surface area contributed by atoms with Crippen LogP contribution in [0.25, 0.3) is 12.2 Å². The van der Waals surface area contributed by atoms with Crippen LogP contribution in [0.3, 0.4) is 0 Å². The van der Waals surface area contributed by atoms with Crippen molar-refractivity contribution >= 4 is 37.5 Å². The van der Waals surface area contributed by atoms with Crippen LogP contribution in [0.2, 0.25) is 0 Å². The summed E-state index contributed by atoms with van der Waals surface area (Å²) in [5.41, 5.74) is 2.03. The molecule has 0 radical (unpaired) electrons. The summed E-state index contributed by atoms with van der Waals surface area (Å²) in [6, 6.07) is 15.9. The van der Waals surface area contributed by atoms with Crippen LogP contribution in [0.5, 0.6) is 0 Å². The molecule has 2 aromatic heterocycles. The molecule has 3 rings (SSSR count). The Morgan fingerprint density at radius 3 is 1.51 bits per heavy atom. The number of hydrogen-bond acceptors (Lipinski definition) is 5. The van der Waals surface area contributed by atoms with E-state index in [2.05, 4.69) is 0 Å². The molecule has 0 fully saturated rings. The minimum absolute atomic E-state index is 0.178. The lowest BCUT2D eigenvalue weighted by Crippen LogP contribution is -2.37. The van der Waals surface area contributed by atoms with Crippen molar-refractivity contribution < 1.29 is 50.8 Å². The van der Waals surface area contributed by atoms with Gasteiger partial charge in [0.1, 0.15) is 10.1 Å². The van der Waals surface area contributed by atoms with Gasteiger partial charge in [-0.15, -0.1) is 0 Å². The van der Waals surface area contributed by atoms with Crippen molar-refractivity contribution in [3.63, 3.8) is 0 Å². The molecular weight excluding hydrogens is 518 g/mol. The van der Waals surface area contributed by atoms with Gasteiger partial charge in [-0.3, -0.25) is 9.13 Å². The van der Waals surface area contributed by atoms with Crippen LogP contribution < -0.4 is 9.13 Å². The summed E-state index contributed by atoms with van der Waals surface area (Å²) in [7, 11) is -12.7. The molecule has 14 heteroatoms. The maximum absolute atomic E-state index is 11.2. The molecule has 0 aliphatic rings. The van der Waals surface area contributed by atoms with Gasteiger partial charge >= 0.3 is 15.2 Å². The van der Waals surface area contributed by atoms with E-state index in [9.17, 15) is 22.1 Å². The van der Waals surface area contributed by atoms with Crippen molar-refractivity contribution in [3.8, 4) is 0 Å². The first kappa shape index (κ1) is 28.7. The average Bonchev–Trinajstić information content (AvgIpc) is 2.72. The van der Waals surface area contributed by atoms with Crippen LogP contribution in [-0.2, 0) is 31.8 Å². The Hall–Kier alpha value is -2.53. The Balaban J connectivity index is 0.000000328. The molecule has 0 aliphatic heterocycles. The molecule has 0 saturated carbocycles. The minimum atomic E-state index is -4.27. The first-order valence-corrected chi connectivity index (χ1v) is 14.9. The number of hydrogen-bond donors (Lipinski definition) is 4. The largest absolute Gasteiger partial charge is 0.744 e. The third-order valence-corrected chi connectivity index (χ3v) is 6.56. The zero-order chi connectivity index (χ0) is 26.3. The van der Waals surface area contributed by atoms with E-state index in [1.54, 1.807) is 73.1 Å². The summed E-state index contributed by atoms with van der Waals surface area (Å²) in [5.74, 6) is 0. The molecule has 0 bridgehead atoms. The van der Waals surface area contributed by atoms with E-state index >= 15 is 0 Å². The lowest BCUT2D eigenvalue weighted by Gasteiger charge is -2.05. The molecule has 4 N–H and O–H groups in total. The number of nitrogens with zero attached hydrogens (tertiary/aromatic N) is 2. The van der Waals surface area contributed by atoms with Crippen molar-refractivity contribution in [1.29, 1.82) is 0 Å². The summed E-state index contributed by atoms with van der Waals surface area (Å²) in [6.45, 7) is 1.82. The average molecular weight is 543 g/mol. The zero-order valence-corrected chi connectivity index (χ0v) is 21.1. The topological polar surface area (TPSA) is 180 Å². The van der Waals surface area contributed by atoms with Crippen molar-refractivity contribution in [1.82, 2.24) is 0 Å². The molecule has 188 valence electrons. The Morgan fingerprint density at radius 2 is 1.17 bits per heavy atom. The number of pyridine rings is 2. The molecule has 0 atom stereocenters. The molecule has 0 saturated heterocycles. The molecule has 0 amide bonds. The monoisotopic (exact) mass is 543 g/mol. The van der Waals surface area contributed by atoms with E-state index in [1.165, 1.54) is 21.3 Å². The van der Waals surface area contributed by atoms with E-state index in [4.69, 9.17) is 19.6 Å². The first-order valence-electron chi connectivity index (χ1n) is 9.91. The Kier molecular flexibility index (Phi) is 9.79. The first-order chi connectivity index (χ1) is 16.1. The molecular formula is C21H25N2O9P2S+. The highest BCUT2D eigenvalue weighted by atomic mass is 32.2. The predicted octanol–water partition coefficient (Wildman–Crippen LogP) is 1.60. The predicted molar refractivity (Wildman–Crippen MR) is 125 cm³/mol. The highest BCUT2D eigenvalue weighted by Crippen LogP contribution is 2.34. The van der Waals surface area contributed by atoms with Crippen molar-refractivity contribution in [2.75, 3.05) is 0 Å². The number of benzene rings is 1. The van der Waals surface area contributed by atoms with Gasteiger partial charge in [0.25, 0.3) is 0 Å². The van der Waals surface area contributed by atoms with Gasteiger partial charge in [0.2, 0.25) is 24.0 Å². The summed E-state index contributed by atoms with van der Waals surface area (Å²) >= 11 is 0. The lowest BCUT2D eigenvalue weighted by atomic mass is 10.2. The molecule has 1 aromatic carbocycles. The fraction of sp³-hybridized carbons (Fsp3) is 0.143. The van der Waals surface area contributed by atoms with Gasteiger partial charge in [0.05, 0.1) is 4.90 Å². The van der Waals surface area contributed by atoms with E-state index < -0.39 is 37.9 Å². The van der Waals surface area contributed by atoms with E-state index in [-0.39, 0.29) is 4.90 Å². The van der Waals surface area contributed by atoms with E-state index in [1.807, 2.05) is 6.92 Å². The number of aryl methyl sites for hydroxylation is 1. The highest BCUT2D eigenvalue weighted by molar-refractivity contribution is 7.85. The fourth-order valence-corrected chi connectivity index (χ4v) is 4.59. The van der Waals surface area contributed by atoms with Gasteiger partial charge in [-0.25, -0.2) is 8.42 Å². The second-order valence-corrected chi connectivity index (χ2v) is 12.0. The molecule has 0 unspecified atom stereocenters. The normalized spacial score (nSPS) is 12.3. The molecule has 2 heterocycles. The van der Waals surface area contributed by atoms with Crippen molar-refractivity contribution in [3.05, 3.63) is 90.0 Å². The molecule has 3 aromatic rings. The maximum Gasteiger partial charge on any atom is 0.390 e. The lowest BCUT2D eigenvalue weighted by molar-refractivity contribution is -0.682. The van der Waals surface area contributed by atoms with Gasteiger partial charge < -0.3 is 24.1 Å². The maximum atomic E-state index is 11.2. The van der Waals surface area contributed by atoms with E-state index in [0.717, 1.165) is 5.56 Å². The third-order valence-electron chi connectivity index (χ3n) is 4.36. The summed E-state index contributed by atoms with van der Waals surface area (Å²) in [6.07, 6.45) is 5.44. The standard InChI is InChI=1S/C14H16N2O6P2.C7H8O3S/c17-23(18,19)11-15-9-3-1-5-13(15)7-8-14-6-2-4-10-16(14)12-24(20,21)22;1-6-2-4-7(5-3-6)11(8,9)10/h1-10H,11-12H2,(H2-2,17,18,19,20,21,22);2-5H,1H3,(H,8,9,10)/p+1. The van der Waals surface area contributed by atoms with Crippen molar-refractivity contribution in [2.45, 2.75) is 24.4 Å². The Bertz CT molecular complexity index is 1310. The van der Waals surface area contributed by atoms with Crippen LogP contribution in [0.1, 0.15) is 17.0 Å². The quantitative estimate of drug-likeness (QED) is 0.196. The van der Waals surface area contributed by atoms with E-state index in [0.29, 0.717) is 11.4 Å². The van der Waals surface area contributed by atoms with Gasteiger partial charge in [0, 0.05) is 36.4 Å². The van der Waals surface area contributed by atoms with Gasteiger partial charge in [-0.05, 0) is 31.2 Å². The molecule has 11 nitrogen and oxygen atoms in total. The third kappa shape index (κ3) is 10.7. The van der Waals surface area contributed by atoms with Crippen molar-refractivity contribution in [2.24, 2.45) is 0 Å². The van der Waals surface area contributed by atoms with Crippen LogP contribution in [0, 0.1) is 6.92 Å². The van der Waals surface area contributed by atoms with Gasteiger partial charge in [0.15, 0.2) is 12.4 Å². The summed E-state index contributed by atoms with van der Waals surface area (Å²) in [5, 5.41) is 0. The fourth-order valence-electron chi connectivity index (χ4n) is 2.81. The van der Waals surface area contributed by atoms with Crippen LogP contribution in [0.15, 0.2) is 78.0 Å². The molecule has 0 spiro atoms. The summed E-state index contributed by atoms with van der Waals surface area (Å²) < 4.78 is 56.4. The molecule has 35 heavy (non-hydrogen) atoms. The zero-order valence-electron chi connectivity index (χ0n) is 18.5. The molecule has 0 aliphatic carbocycles. The summed E-state index contributed by atoms with van der Waals surface area (Å²) in [4.78, 5) is 36.3. The Labute approximate surface area is 202 Å². The SMILES string of the molecule is Cc1ccc(S(=O)(=O)[O-])cc1.O=P(O)(O)C[n+]1ccccc1C=Cc1cccc[n+]1CP(=O)(O)O. The van der Waals surface area contributed by atoms with Crippen LogP contribution in [0.4, 0.5) is 0 Å². The smallest absolute Gasteiger partial charge is 0.390 e. The number of rotatable bonds is 7. The Morgan fingerprint density at radius 1 is 0.771 bits per heavy atom. The van der Waals surface area contributed by atoms with Gasteiger partial charge in [-0.2, -0.15) is 9.13 Å². The van der Waals surface area contributed by atoms with Crippen LogP contribution in [-0.4, -0.2) is 32.5 Å². The second-order valence-electron chi connectivity index (χ2n) is 7.40. The number of aromatic nitrogens is 2. The second kappa shape index (κ2) is 11.9.